The Balaban J connectivity index is 2.24. The highest BCUT2D eigenvalue weighted by Gasteiger charge is 2.34. The Labute approximate surface area is 103 Å². The lowest BCUT2D eigenvalue weighted by Crippen LogP contribution is -2.58. The first-order valence-corrected chi connectivity index (χ1v) is 5.35. The SMILES string of the molecule is CC1C(=O)NC(=O)CN1C(=O)c1ccc(N)cn1. The quantitative estimate of drug-likeness (QED) is 0.630. The number of carbonyl (C=O) groups is 3. The molecule has 0 bridgehead atoms. The van der Waals surface area contributed by atoms with Crippen LogP contribution in [0.15, 0.2) is 18.3 Å². The van der Waals surface area contributed by atoms with E-state index in [0.717, 1.165) is 0 Å². The van der Waals surface area contributed by atoms with E-state index in [9.17, 15) is 14.4 Å². The topological polar surface area (TPSA) is 105 Å². The van der Waals surface area contributed by atoms with Crippen molar-refractivity contribution in [3.63, 3.8) is 0 Å². The van der Waals surface area contributed by atoms with Gasteiger partial charge in [0, 0.05) is 0 Å². The summed E-state index contributed by atoms with van der Waals surface area (Å²) >= 11 is 0. The van der Waals surface area contributed by atoms with Gasteiger partial charge in [0.1, 0.15) is 18.3 Å². The van der Waals surface area contributed by atoms with Crippen molar-refractivity contribution >= 4 is 23.4 Å². The predicted octanol–water partition coefficient (Wildman–Crippen LogP) is -0.849. The molecule has 1 fully saturated rings. The second-order valence-corrected chi connectivity index (χ2v) is 4.00. The Morgan fingerprint density at radius 2 is 2.22 bits per heavy atom. The summed E-state index contributed by atoms with van der Waals surface area (Å²) in [4.78, 5) is 39.9. The lowest BCUT2D eigenvalue weighted by Gasteiger charge is -2.31. The number of nitrogen functional groups attached to an aromatic ring is 1. The van der Waals surface area contributed by atoms with Crippen LogP contribution in [0, 0.1) is 0 Å². The first-order valence-electron chi connectivity index (χ1n) is 5.35. The summed E-state index contributed by atoms with van der Waals surface area (Å²) in [6, 6.07) is 2.30. The van der Waals surface area contributed by atoms with Gasteiger partial charge >= 0.3 is 0 Å². The molecule has 7 heteroatoms. The maximum Gasteiger partial charge on any atom is 0.273 e. The number of hydrogen-bond donors (Lipinski definition) is 2. The molecule has 1 aliphatic rings. The van der Waals surface area contributed by atoms with Crippen molar-refractivity contribution in [1.82, 2.24) is 15.2 Å². The van der Waals surface area contributed by atoms with E-state index in [0.29, 0.717) is 5.69 Å². The molecule has 0 saturated carbocycles. The fraction of sp³-hybridized carbons (Fsp3) is 0.273. The van der Waals surface area contributed by atoms with Crippen LogP contribution in [-0.4, -0.2) is 40.2 Å². The Morgan fingerprint density at radius 3 is 2.83 bits per heavy atom. The number of imide groups is 1. The average Bonchev–Trinajstić information content (AvgIpc) is 2.34. The minimum atomic E-state index is -0.699. The number of nitrogens with two attached hydrogens (primary N) is 1. The van der Waals surface area contributed by atoms with Gasteiger partial charge in [0.2, 0.25) is 11.8 Å². The van der Waals surface area contributed by atoms with Crippen LogP contribution in [0.5, 0.6) is 0 Å². The van der Waals surface area contributed by atoms with E-state index in [-0.39, 0.29) is 12.2 Å². The van der Waals surface area contributed by atoms with Gasteiger partial charge in [-0.3, -0.25) is 19.7 Å². The molecule has 3 amide bonds. The van der Waals surface area contributed by atoms with Crippen LogP contribution < -0.4 is 11.1 Å². The molecule has 2 heterocycles. The zero-order valence-electron chi connectivity index (χ0n) is 9.71. The minimum Gasteiger partial charge on any atom is -0.397 e. The number of piperazine rings is 1. The van der Waals surface area contributed by atoms with Crippen molar-refractivity contribution in [3.05, 3.63) is 24.0 Å². The van der Waals surface area contributed by atoms with Gasteiger partial charge in [-0.1, -0.05) is 0 Å². The molecule has 0 radical (unpaired) electrons. The smallest absolute Gasteiger partial charge is 0.273 e. The van der Waals surface area contributed by atoms with E-state index >= 15 is 0 Å². The maximum atomic E-state index is 12.1. The molecule has 1 aromatic rings. The third-order valence-corrected chi connectivity index (χ3v) is 2.69. The summed E-state index contributed by atoms with van der Waals surface area (Å²) < 4.78 is 0. The Hall–Kier alpha value is -2.44. The van der Waals surface area contributed by atoms with Crippen molar-refractivity contribution in [2.75, 3.05) is 12.3 Å². The molecule has 1 unspecified atom stereocenters. The third kappa shape index (κ3) is 2.15. The molecule has 18 heavy (non-hydrogen) atoms. The normalized spacial score (nSPS) is 19.6. The number of nitrogens with zero attached hydrogens (tertiary/aromatic N) is 2. The van der Waals surface area contributed by atoms with Crippen LogP contribution in [0.4, 0.5) is 5.69 Å². The number of aromatic nitrogens is 1. The zero-order valence-corrected chi connectivity index (χ0v) is 9.71. The van der Waals surface area contributed by atoms with Crippen molar-refractivity contribution in [1.29, 1.82) is 0 Å². The standard InChI is InChI=1S/C11H12N4O3/c1-6-10(17)14-9(16)5-15(6)11(18)8-3-2-7(12)4-13-8/h2-4,6H,5,12H2,1H3,(H,14,16,17). The van der Waals surface area contributed by atoms with E-state index in [1.165, 1.54) is 23.2 Å². The van der Waals surface area contributed by atoms with Gasteiger partial charge in [0.15, 0.2) is 0 Å². The molecule has 0 spiro atoms. The fourth-order valence-corrected chi connectivity index (χ4v) is 1.64. The minimum absolute atomic E-state index is 0.151. The van der Waals surface area contributed by atoms with Gasteiger partial charge in [-0.15, -0.1) is 0 Å². The first kappa shape index (κ1) is 12.0. The summed E-state index contributed by atoms with van der Waals surface area (Å²) in [5.41, 5.74) is 6.06. The summed E-state index contributed by atoms with van der Waals surface area (Å²) in [5.74, 6) is -1.46. The van der Waals surface area contributed by atoms with Crippen molar-refractivity contribution in [3.8, 4) is 0 Å². The number of anilines is 1. The molecule has 2 rings (SSSR count). The zero-order chi connectivity index (χ0) is 13.3. The molecule has 1 atom stereocenters. The molecular formula is C11H12N4O3. The highest BCUT2D eigenvalue weighted by Crippen LogP contribution is 2.11. The van der Waals surface area contributed by atoms with Crippen LogP contribution >= 0.6 is 0 Å². The van der Waals surface area contributed by atoms with Gasteiger partial charge in [-0.05, 0) is 19.1 Å². The molecule has 0 aliphatic carbocycles. The Morgan fingerprint density at radius 1 is 1.50 bits per heavy atom. The molecule has 0 aromatic carbocycles. The fourth-order valence-electron chi connectivity index (χ4n) is 1.64. The van der Waals surface area contributed by atoms with E-state index in [4.69, 9.17) is 5.73 Å². The largest absolute Gasteiger partial charge is 0.397 e. The van der Waals surface area contributed by atoms with Crippen molar-refractivity contribution < 1.29 is 14.4 Å². The molecule has 7 nitrogen and oxygen atoms in total. The van der Waals surface area contributed by atoms with E-state index in [1.54, 1.807) is 6.92 Å². The van der Waals surface area contributed by atoms with Crippen molar-refractivity contribution in [2.45, 2.75) is 13.0 Å². The van der Waals surface area contributed by atoms with Gasteiger partial charge in [0.25, 0.3) is 5.91 Å². The van der Waals surface area contributed by atoms with Gasteiger partial charge < -0.3 is 10.6 Å². The molecular weight excluding hydrogens is 236 g/mol. The number of carbonyl (C=O) groups excluding carboxylic acids is 3. The van der Waals surface area contributed by atoms with E-state index in [1.807, 2.05) is 0 Å². The number of nitrogens with one attached hydrogen (secondary N) is 1. The average molecular weight is 248 g/mol. The first-order chi connectivity index (χ1) is 8.49. The second-order valence-electron chi connectivity index (χ2n) is 4.00. The summed E-state index contributed by atoms with van der Waals surface area (Å²) in [5, 5.41) is 2.16. The maximum absolute atomic E-state index is 12.1. The molecule has 3 N–H and O–H groups in total. The van der Waals surface area contributed by atoms with Crippen LogP contribution in [0.1, 0.15) is 17.4 Å². The second kappa shape index (κ2) is 4.44. The molecule has 94 valence electrons. The van der Waals surface area contributed by atoms with Gasteiger partial charge in [-0.2, -0.15) is 0 Å². The lowest BCUT2D eigenvalue weighted by atomic mass is 10.1. The predicted molar refractivity (Wildman–Crippen MR) is 62.3 cm³/mol. The van der Waals surface area contributed by atoms with Gasteiger partial charge in [-0.25, -0.2) is 4.98 Å². The molecule has 1 saturated heterocycles. The van der Waals surface area contributed by atoms with Crippen LogP contribution in [-0.2, 0) is 9.59 Å². The monoisotopic (exact) mass is 248 g/mol. The molecule has 1 aromatic heterocycles. The van der Waals surface area contributed by atoms with Crippen molar-refractivity contribution in [2.24, 2.45) is 0 Å². The summed E-state index contributed by atoms with van der Waals surface area (Å²) in [7, 11) is 0. The van der Waals surface area contributed by atoms with E-state index < -0.39 is 23.8 Å². The van der Waals surface area contributed by atoms with E-state index in [2.05, 4.69) is 10.3 Å². The highest BCUT2D eigenvalue weighted by atomic mass is 16.2. The number of hydrogen-bond acceptors (Lipinski definition) is 5. The molecule has 1 aliphatic heterocycles. The van der Waals surface area contributed by atoms with Crippen LogP contribution in [0.2, 0.25) is 0 Å². The highest BCUT2D eigenvalue weighted by molar-refractivity contribution is 6.06. The number of rotatable bonds is 1. The third-order valence-electron chi connectivity index (χ3n) is 2.69. The summed E-state index contributed by atoms with van der Waals surface area (Å²) in [6.07, 6.45) is 1.35. The van der Waals surface area contributed by atoms with Crippen LogP contribution in [0.25, 0.3) is 0 Å². The Kier molecular flexibility index (Phi) is 2.97. The summed E-state index contributed by atoms with van der Waals surface area (Å²) in [6.45, 7) is 1.40. The Bertz CT molecular complexity index is 512. The lowest BCUT2D eigenvalue weighted by molar-refractivity contribution is -0.138. The number of amides is 3. The van der Waals surface area contributed by atoms with Crippen LogP contribution in [0.3, 0.4) is 0 Å². The number of pyridine rings is 1. The van der Waals surface area contributed by atoms with Gasteiger partial charge in [0.05, 0.1) is 11.9 Å².